The maximum atomic E-state index is 12.1. The number of carbonyl (C=O) groups excluding carboxylic acids is 1. The number of amides is 1. The lowest BCUT2D eigenvalue weighted by molar-refractivity contribution is 0.0596. The van der Waals surface area contributed by atoms with Crippen LogP contribution in [0.1, 0.15) is 24.2 Å². The quantitative estimate of drug-likeness (QED) is 0.786. The maximum absolute atomic E-state index is 12.1. The van der Waals surface area contributed by atoms with Crippen LogP contribution in [0, 0.1) is 0 Å². The molecule has 1 aromatic heterocycles. The van der Waals surface area contributed by atoms with E-state index >= 15 is 0 Å². The first kappa shape index (κ1) is 11.6. The first-order valence-electron chi connectivity index (χ1n) is 5.74. The zero-order valence-electron chi connectivity index (χ0n) is 9.85. The Balaban J connectivity index is 1.92. The first-order chi connectivity index (χ1) is 7.68. The fourth-order valence-electron chi connectivity index (χ4n) is 2.01. The van der Waals surface area contributed by atoms with E-state index in [9.17, 15) is 4.79 Å². The average Bonchev–Trinajstić information content (AvgIpc) is 2.81. The monoisotopic (exact) mass is 238 g/mol. The molecular formula is C12H18N2OS. The Bertz CT molecular complexity index is 340. The number of hydrogen-bond acceptors (Lipinski definition) is 3. The van der Waals surface area contributed by atoms with E-state index in [1.165, 1.54) is 0 Å². The normalized spacial score (nSPS) is 18.1. The molecule has 0 radical (unpaired) electrons. The Morgan fingerprint density at radius 1 is 1.31 bits per heavy atom. The van der Waals surface area contributed by atoms with E-state index in [0.29, 0.717) is 6.04 Å². The highest BCUT2D eigenvalue weighted by molar-refractivity contribution is 7.08. The highest BCUT2D eigenvalue weighted by Crippen LogP contribution is 2.12. The topological polar surface area (TPSA) is 23.6 Å². The van der Waals surface area contributed by atoms with Gasteiger partial charge < -0.3 is 4.90 Å². The van der Waals surface area contributed by atoms with Crippen molar-refractivity contribution >= 4 is 17.2 Å². The molecule has 2 rings (SSSR count). The fourth-order valence-corrected chi connectivity index (χ4v) is 2.64. The summed E-state index contributed by atoms with van der Waals surface area (Å²) < 4.78 is 0. The van der Waals surface area contributed by atoms with E-state index in [0.717, 1.165) is 31.7 Å². The van der Waals surface area contributed by atoms with Crippen molar-refractivity contribution in [2.24, 2.45) is 0 Å². The van der Waals surface area contributed by atoms with Crippen LogP contribution in [-0.4, -0.2) is 47.9 Å². The summed E-state index contributed by atoms with van der Waals surface area (Å²) in [5.41, 5.74) is 0.836. The molecular weight excluding hydrogens is 220 g/mol. The van der Waals surface area contributed by atoms with E-state index < -0.39 is 0 Å². The van der Waals surface area contributed by atoms with Crippen molar-refractivity contribution in [2.45, 2.75) is 19.9 Å². The molecule has 1 aromatic rings. The highest BCUT2D eigenvalue weighted by Gasteiger charge is 2.23. The number of thiophene rings is 1. The van der Waals surface area contributed by atoms with Crippen LogP contribution in [0.5, 0.6) is 0 Å². The van der Waals surface area contributed by atoms with Gasteiger partial charge in [0.2, 0.25) is 0 Å². The summed E-state index contributed by atoms with van der Waals surface area (Å²) in [7, 11) is 0. The summed E-state index contributed by atoms with van der Waals surface area (Å²) in [6, 6.07) is 2.49. The van der Waals surface area contributed by atoms with E-state index in [1.54, 1.807) is 11.3 Å². The van der Waals surface area contributed by atoms with Gasteiger partial charge in [0.15, 0.2) is 0 Å². The summed E-state index contributed by atoms with van der Waals surface area (Å²) in [5, 5.41) is 3.88. The molecule has 3 nitrogen and oxygen atoms in total. The number of hydrogen-bond donors (Lipinski definition) is 0. The van der Waals surface area contributed by atoms with Gasteiger partial charge in [-0.25, -0.2) is 0 Å². The van der Waals surface area contributed by atoms with Gasteiger partial charge in [-0.05, 0) is 25.3 Å². The van der Waals surface area contributed by atoms with Crippen molar-refractivity contribution in [3.63, 3.8) is 0 Å². The number of carbonyl (C=O) groups is 1. The second-order valence-corrected chi connectivity index (χ2v) is 5.21. The van der Waals surface area contributed by atoms with Crippen LogP contribution in [0.15, 0.2) is 16.8 Å². The molecule has 0 bridgehead atoms. The van der Waals surface area contributed by atoms with Crippen LogP contribution in [0.2, 0.25) is 0 Å². The molecule has 1 aliphatic heterocycles. The zero-order chi connectivity index (χ0) is 11.5. The third-order valence-corrected chi connectivity index (χ3v) is 3.78. The van der Waals surface area contributed by atoms with Gasteiger partial charge in [-0.3, -0.25) is 9.69 Å². The Kier molecular flexibility index (Phi) is 3.61. The van der Waals surface area contributed by atoms with Crippen LogP contribution < -0.4 is 0 Å². The lowest BCUT2D eigenvalue weighted by Crippen LogP contribution is -2.50. The van der Waals surface area contributed by atoms with E-state index in [1.807, 2.05) is 21.7 Å². The lowest BCUT2D eigenvalue weighted by atomic mass is 10.2. The summed E-state index contributed by atoms with van der Waals surface area (Å²) in [6.45, 7) is 8.10. The van der Waals surface area contributed by atoms with Gasteiger partial charge in [-0.15, -0.1) is 0 Å². The van der Waals surface area contributed by atoms with Gasteiger partial charge in [-0.2, -0.15) is 11.3 Å². The van der Waals surface area contributed by atoms with Gasteiger partial charge in [0.05, 0.1) is 5.56 Å². The number of piperazine rings is 1. The van der Waals surface area contributed by atoms with Gasteiger partial charge in [0, 0.05) is 37.6 Å². The third-order valence-electron chi connectivity index (χ3n) is 3.10. The van der Waals surface area contributed by atoms with Gasteiger partial charge in [0.1, 0.15) is 0 Å². The molecule has 4 heteroatoms. The van der Waals surface area contributed by atoms with Crippen molar-refractivity contribution in [3.8, 4) is 0 Å². The fraction of sp³-hybridized carbons (Fsp3) is 0.583. The van der Waals surface area contributed by atoms with Crippen LogP contribution in [0.3, 0.4) is 0 Å². The molecule has 1 amide bonds. The second kappa shape index (κ2) is 4.97. The predicted octanol–water partition coefficient (Wildman–Crippen LogP) is 1.91. The van der Waals surface area contributed by atoms with Gasteiger partial charge in [-0.1, -0.05) is 0 Å². The molecule has 1 saturated heterocycles. The second-order valence-electron chi connectivity index (χ2n) is 4.43. The van der Waals surface area contributed by atoms with Crippen molar-refractivity contribution in [3.05, 3.63) is 22.4 Å². The van der Waals surface area contributed by atoms with Crippen molar-refractivity contribution < 1.29 is 4.79 Å². The molecule has 0 saturated carbocycles. The van der Waals surface area contributed by atoms with Crippen LogP contribution in [0.4, 0.5) is 0 Å². The minimum Gasteiger partial charge on any atom is -0.336 e. The molecule has 88 valence electrons. The Morgan fingerprint density at radius 3 is 2.50 bits per heavy atom. The summed E-state index contributed by atoms with van der Waals surface area (Å²) >= 11 is 1.58. The summed E-state index contributed by atoms with van der Waals surface area (Å²) in [5.74, 6) is 0.185. The first-order valence-corrected chi connectivity index (χ1v) is 6.68. The molecule has 16 heavy (non-hydrogen) atoms. The Morgan fingerprint density at radius 2 is 2.00 bits per heavy atom. The van der Waals surface area contributed by atoms with Crippen molar-refractivity contribution in [1.29, 1.82) is 0 Å². The molecule has 1 fully saturated rings. The molecule has 0 aliphatic carbocycles. The molecule has 2 heterocycles. The standard InChI is InChI=1S/C12H18N2OS/c1-10(2)13-4-6-14(7-5-13)12(15)11-3-8-16-9-11/h3,8-10H,4-7H2,1-2H3. The third kappa shape index (κ3) is 2.44. The van der Waals surface area contributed by atoms with Crippen LogP contribution in [-0.2, 0) is 0 Å². The molecule has 0 unspecified atom stereocenters. The lowest BCUT2D eigenvalue weighted by Gasteiger charge is -2.36. The van der Waals surface area contributed by atoms with E-state index in [-0.39, 0.29) is 5.91 Å². The van der Waals surface area contributed by atoms with Crippen molar-refractivity contribution in [2.75, 3.05) is 26.2 Å². The largest absolute Gasteiger partial charge is 0.336 e. The highest BCUT2D eigenvalue weighted by atomic mass is 32.1. The van der Waals surface area contributed by atoms with Gasteiger partial charge >= 0.3 is 0 Å². The SMILES string of the molecule is CC(C)N1CCN(C(=O)c2ccsc2)CC1. The molecule has 1 aliphatic rings. The number of rotatable bonds is 2. The molecule has 0 N–H and O–H groups in total. The summed E-state index contributed by atoms with van der Waals surface area (Å²) in [6.07, 6.45) is 0. The predicted molar refractivity (Wildman–Crippen MR) is 66.9 cm³/mol. The van der Waals surface area contributed by atoms with E-state index in [4.69, 9.17) is 0 Å². The smallest absolute Gasteiger partial charge is 0.254 e. The minimum atomic E-state index is 0.185. The van der Waals surface area contributed by atoms with Crippen LogP contribution >= 0.6 is 11.3 Å². The summed E-state index contributed by atoms with van der Waals surface area (Å²) in [4.78, 5) is 16.4. The van der Waals surface area contributed by atoms with Gasteiger partial charge in [0.25, 0.3) is 5.91 Å². The Hall–Kier alpha value is -0.870. The van der Waals surface area contributed by atoms with Crippen LogP contribution in [0.25, 0.3) is 0 Å². The zero-order valence-corrected chi connectivity index (χ0v) is 10.7. The Labute approximate surface area is 101 Å². The number of nitrogens with zero attached hydrogens (tertiary/aromatic N) is 2. The molecule has 0 spiro atoms. The maximum Gasteiger partial charge on any atom is 0.254 e. The average molecular weight is 238 g/mol. The van der Waals surface area contributed by atoms with Crippen molar-refractivity contribution in [1.82, 2.24) is 9.80 Å². The van der Waals surface area contributed by atoms with E-state index in [2.05, 4.69) is 18.7 Å². The molecule has 0 aromatic carbocycles. The molecule has 0 atom stereocenters. The minimum absolute atomic E-state index is 0.185.